The predicted molar refractivity (Wildman–Crippen MR) is 141 cm³/mol. The summed E-state index contributed by atoms with van der Waals surface area (Å²) in [7, 11) is 0. The van der Waals surface area contributed by atoms with Crippen LogP contribution in [0.3, 0.4) is 0 Å². The Morgan fingerprint density at radius 2 is 1.69 bits per heavy atom. The second-order valence-electron chi connectivity index (χ2n) is 9.62. The number of para-hydroxylation sites is 1. The fraction of sp³-hybridized carbons (Fsp3) is 0.429. The number of amides is 2. The largest absolute Gasteiger partial charge is 0.353 e. The highest BCUT2D eigenvalue weighted by molar-refractivity contribution is 5.91. The van der Waals surface area contributed by atoms with Crippen molar-refractivity contribution in [2.45, 2.75) is 77.4 Å². The molecule has 2 amide bonds. The number of hydrogen-bond acceptors (Lipinski definition) is 4. The van der Waals surface area contributed by atoms with Crippen molar-refractivity contribution in [2.24, 2.45) is 0 Å². The molecule has 190 valence electrons. The Morgan fingerprint density at radius 3 is 2.47 bits per heavy atom. The summed E-state index contributed by atoms with van der Waals surface area (Å²) in [6.45, 7) is 1.92. The number of fused-ring (bicyclic) bond motifs is 1. The van der Waals surface area contributed by atoms with E-state index in [-0.39, 0.29) is 36.5 Å². The predicted octanol–water partition coefficient (Wildman–Crippen LogP) is 3.73. The number of benzene rings is 2. The van der Waals surface area contributed by atoms with Crippen molar-refractivity contribution in [1.82, 2.24) is 14.5 Å². The summed E-state index contributed by atoms with van der Waals surface area (Å²) < 4.78 is 2.53. The molecule has 0 unspecified atom stereocenters. The number of carbonyl (C=O) groups is 2. The Hall–Kier alpha value is -3.68. The molecule has 1 aliphatic rings. The molecule has 4 rings (SSSR count). The van der Waals surface area contributed by atoms with Gasteiger partial charge in [0.1, 0.15) is 6.54 Å². The zero-order valence-corrected chi connectivity index (χ0v) is 20.8. The number of rotatable bonds is 9. The van der Waals surface area contributed by atoms with Crippen LogP contribution in [0.1, 0.15) is 56.9 Å². The minimum absolute atomic E-state index is 0.0259. The van der Waals surface area contributed by atoms with Crippen LogP contribution < -0.4 is 21.9 Å². The Labute approximate surface area is 210 Å². The number of hydrogen-bond donors (Lipinski definition) is 2. The van der Waals surface area contributed by atoms with Gasteiger partial charge in [0, 0.05) is 24.7 Å². The van der Waals surface area contributed by atoms with Crippen LogP contribution in [0, 0.1) is 6.92 Å². The van der Waals surface area contributed by atoms with Gasteiger partial charge >= 0.3 is 5.69 Å². The third kappa shape index (κ3) is 6.30. The van der Waals surface area contributed by atoms with E-state index in [1.807, 2.05) is 25.1 Å². The van der Waals surface area contributed by atoms with E-state index < -0.39 is 5.69 Å². The molecule has 1 saturated carbocycles. The van der Waals surface area contributed by atoms with Crippen molar-refractivity contribution in [2.75, 3.05) is 5.32 Å². The average molecular weight is 491 g/mol. The molecular weight excluding hydrogens is 456 g/mol. The number of anilines is 1. The minimum atomic E-state index is -0.523. The van der Waals surface area contributed by atoms with E-state index in [1.54, 1.807) is 30.3 Å². The van der Waals surface area contributed by atoms with E-state index in [0.717, 1.165) is 31.2 Å². The summed E-state index contributed by atoms with van der Waals surface area (Å²) in [5.74, 6) is -0.324. The maximum atomic E-state index is 13.3. The van der Waals surface area contributed by atoms with Gasteiger partial charge in [0.2, 0.25) is 11.8 Å². The molecule has 0 spiro atoms. The van der Waals surface area contributed by atoms with Gasteiger partial charge in [-0.3, -0.25) is 23.5 Å². The molecule has 8 heteroatoms. The van der Waals surface area contributed by atoms with Gasteiger partial charge in [0.25, 0.3) is 5.56 Å². The van der Waals surface area contributed by atoms with Crippen LogP contribution in [0.15, 0.2) is 58.1 Å². The SMILES string of the molecule is Cc1cccc(NC(=O)Cn2c(=O)n(CCCCC(=O)NC3CCCCC3)c(=O)c3ccccc32)c1. The van der Waals surface area contributed by atoms with Gasteiger partial charge in [-0.15, -0.1) is 0 Å². The van der Waals surface area contributed by atoms with E-state index in [0.29, 0.717) is 35.9 Å². The summed E-state index contributed by atoms with van der Waals surface area (Å²) in [5, 5.41) is 6.31. The van der Waals surface area contributed by atoms with Gasteiger partial charge in [0.15, 0.2) is 0 Å². The maximum Gasteiger partial charge on any atom is 0.331 e. The molecule has 8 nitrogen and oxygen atoms in total. The zero-order chi connectivity index (χ0) is 25.5. The Balaban J connectivity index is 1.45. The molecular formula is C28H34N4O4. The highest BCUT2D eigenvalue weighted by Crippen LogP contribution is 2.17. The third-order valence-corrected chi connectivity index (χ3v) is 6.74. The lowest BCUT2D eigenvalue weighted by atomic mass is 9.95. The van der Waals surface area contributed by atoms with Crippen LogP contribution in [0.4, 0.5) is 5.69 Å². The molecule has 2 aromatic carbocycles. The molecule has 1 aromatic heterocycles. The van der Waals surface area contributed by atoms with Crippen LogP contribution >= 0.6 is 0 Å². The van der Waals surface area contributed by atoms with Crippen LogP contribution in [0.5, 0.6) is 0 Å². The fourth-order valence-corrected chi connectivity index (χ4v) is 4.89. The topological polar surface area (TPSA) is 102 Å². The maximum absolute atomic E-state index is 13.3. The fourth-order valence-electron chi connectivity index (χ4n) is 4.89. The highest BCUT2D eigenvalue weighted by atomic mass is 16.2. The van der Waals surface area contributed by atoms with Crippen molar-refractivity contribution in [3.05, 3.63) is 74.9 Å². The lowest BCUT2D eigenvalue weighted by molar-refractivity contribution is -0.122. The first-order valence-electron chi connectivity index (χ1n) is 12.8. The van der Waals surface area contributed by atoms with E-state index in [9.17, 15) is 19.2 Å². The summed E-state index contributed by atoms with van der Waals surface area (Å²) in [5.41, 5.74) is 1.19. The van der Waals surface area contributed by atoms with Crippen molar-refractivity contribution >= 4 is 28.4 Å². The lowest BCUT2D eigenvalue weighted by Crippen LogP contribution is -2.41. The summed E-state index contributed by atoms with van der Waals surface area (Å²) in [6, 6.07) is 14.5. The second kappa shape index (κ2) is 11.8. The molecule has 3 aromatic rings. The number of unbranched alkanes of at least 4 members (excludes halogenated alkanes) is 1. The van der Waals surface area contributed by atoms with Crippen LogP contribution in [-0.2, 0) is 22.7 Å². The molecule has 0 radical (unpaired) electrons. The standard InChI is InChI=1S/C28H34N4O4/c1-20-10-9-13-22(18-20)30-26(34)19-32-24-15-6-5-14-23(24)27(35)31(28(32)36)17-8-7-16-25(33)29-21-11-3-2-4-12-21/h5-6,9-10,13-15,18,21H,2-4,7-8,11-12,16-17,19H2,1H3,(H,29,33)(H,30,34). The molecule has 0 saturated heterocycles. The van der Waals surface area contributed by atoms with E-state index >= 15 is 0 Å². The molecule has 36 heavy (non-hydrogen) atoms. The number of carbonyl (C=O) groups excluding carboxylic acids is 2. The number of aryl methyl sites for hydroxylation is 1. The molecule has 2 N–H and O–H groups in total. The van der Waals surface area contributed by atoms with Crippen LogP contribution in [0.25, 0.3) is 10.9 Å². The third-order valence-electron chi connectivity index (χ3n) is 6.74. The van der Waals surface area contributed by atoms with Gasteiger partial charge in [0.05, 0.1) is 10.9 Å². The van der Waals surface area contributed by atoms with Gasteiger partial charge in [-0.25, -0.2) is 4.79 Å². The van der Waals surface area contributed by atoms with Crippen molar-refractivity contribution in [1.29, 1.82) is 0 Å². The van der Waals surface area contributed by atoms with Gasteiger partial charge in [-0.05, 0) is 62.4 Å². The second-order valence-corrected chi connectivity index (χ2v) is 9.62. The number of nitrogens with zero attached hydrogens (tertiary/aromatic N) is 2. The molecule has 1 heterocycles. The smallest absolute Gasteiger partial charge is 0.331 e. The highest BCUT2D eigenvalue weighted by Gasteiger charge is 2.17. The summed E-state index contributed by atoms with van der Waals surface area (Å²) in [4.78, 5) is 51.4. The van der Waals surface area contributed by atoms with Crippen molar-refractivity contribution in [3.63, 3.8) is 0 Å². The van der Waals surface area contributed by atoms with Crippen LogP contribution in [0.2, 0.25) is 0 Å². The molecule has 0 aliphatic heterocycles. The summed E-state index contributed by atoms with van der Waals surface area (Å²) in [6.07, 6.45) is 7.08. The molecule has 0 atom stereocenters. The van der Waals surface area contributed by atoms with E-state index in [4.69, 9.17) is 0 Å². The van der Waals surface area contributed by atoms with E-state index in [1.165, 1.54) is 15.6 Å². The lowest BCUT2D eigenvalue weighted by Gasteiger charge is -2.22. The average Bonchev–Trinajstić information content (AvgIpc) is 2.86. The van der Waals surface area contributed by atoms with Crippen molar-refractivity contribution in [3.8, 4) is 0 Å². The van der Waals surface area contributed by atoms with Crippen LogP contribution in [-0.4, -0.2) is 27.0 Å². The first-order valence-corrected chi connectivity index (χ1v) is 12.8. The Morgan fingerprint density at radius 1 is 0.917 bits per heavy atom. The number of aromatic nitrogens is 2. The van der Waals surface area contributed by atoms with E-state index in [2.05, 4.69) is 10.6 Å². The summed E-state index contributed by atoms with van der Waals surface area (Å²) >= 11 is 0. The molecule has 0 bridgehead atoms. The molecule has 1 aliphatic carbocycles. The first kappa shape index (κ1) is 25.4. The van der Waals surface area contributed by atoms with Gasteiger partial charge in [-0.2, -0.15) is 0 Å². The van der Waals surface area contributed by atoms with Gasteiger partial charge < -0.3 is 10.6 Å². The normalized spacial score (nSPS) is 14.0. The number of nitrogens with one attached hydrogen (secondary N) is 2. The Bertz CT molecular complexity index is 1350. The first-order chi connectivity index (χ1) is 17.4. The van der Waals surface area contributed by atoms with Gasteiger partial charge in [-0.1, -0.05) is 43.5 Å². The zero-order valence-electron chi connectivity index (χ0n) is 20.8. The Kier molecular flexibility index (Phi) is 8.36. The monoisotopic (exact) mass is 490 g/mol. The van der Waals surface area contributed by atoms with Crippen molar-refractivity contribution < 1.29 is 9.59 Å². The quantitative estimate of drug-likeness (QED) is 0.446. The molecule has 1 fully saturated rings. The minimum Gasteiger partial charge on any atom is -0.353 e.